The molecule has 1 aliphatic heterocycles. The fourth-order valence-corrected chi connectivity index (χ4v) is 4.83. The van der Waals surface area contributed by atoms with Crippen molar-refractivity contribution in [1.29, 1.82) is 0 Å². The predicted molar refractivity (Wildman–Crippen MR) is 125 cm³/mol. The molecule has 1 saturated heterocycles. The number of amides is 2. The highest BCUT2D eigenvalue weighted by Crippen LogP contribution is 2.34. The fraction of sp³-hybridized carbons (Fsp3) is 0.0833. The zero-order valence-corrected chi connectivity index (χ0v) is 18.6. The van der Waals surface area contributed by atoms with Crippen LogP contribution in [0.5, 0.6) is 0 Å². The van der Waals surface area contributed by atoms with Crippen LogP contribution in [0.4, 0.5) is 4.79 Å². The van der Waals surface area contributed by atoms with Gasteiger partial charge in [-0.25, -0.2) is 0 Å². The molecule has 1 heterocycles. The molecule has 0 atom stereocenters. The summed E-state index contributed by atoms with van der Waals surface area (Å²) in [6.45, 7) is 2.28. The summed E-state index contributed by atoms with van der Waals surface area (Å²) >= 11 is 8.55. The molecule has 3 nitrogen and oxygen atoms in total. The number of hydrogen-bond acceptors (Lipinski definition) is 4. The van der Waals surface area contributed by atoms with Crippen LogP contribution in [0.15, 0.2) is 87.5 Å². The number of thioether (sulfide) groups is 1. The van der Waals surface area contributed by atoms with Crippen molar-refractivity contribution >= 4 is 52.3 Å². The number of carbonyl (C=O) groups is 2. The summed E-state index contributed by atoms with van der Waals surface area (Å²) in [5.41, 5.74) is 2.94. The minimum atomic E-state index is -0.244. The van der Waals surface area contributed by atoms with Gasteiger partial charge >= 0.3 is 0 Å². The van der Waals surface area contributed by atoms with Crippen molar-refractivity contribution in [1.82, 2.24) is 4.90 Å². The van der Waals surface area contributed by atoms with Gasteiger partial charge in [-0.15, -0.1) is 0 Å². The average molecular weight is 452 g/mol. The molecule has 0 spiro atoms. The first-order valence-corrected chi connectivity index (χ1v) is 11.3. The van der Waals surface area contributed by atoms with Crippen LogP contribution in [-0.4, -0.2) is 16.0 Å². The number of rotatable bonds is 5. The van der Waals surface area contributed by atoms with Crippen LogP contribution < -0.4 is 0 Å². The molecule has 6 heteroatoms. The molecule has 0 aromatic heterocycles. The Morgan fingerprint density at radius 3 is 2.30 bits per heavy atom. The van der Waals surface area contributed by atoms with Gasteiger partial charge in [-0.3, -0.25) is 14.5 Å². The largest absolute Gasteiger partial charge is 0.293 e. The molecule has 0 N–H and O–H groups in total. The normalized spacial score (nSPS) is 15.3. The minimum Gasteiger partial charge on any atom is -0.268 e. The van der Waals surface area contributed by atoms with Crippen molar-refractivity contribution in [3.8, 4) is 0 Å². The highest BCUT2D eigenvalue weighted by molar-refractivity contribution is 8.18. The predicted octanol–water partition coefficient (Wildman–Crippen LogP) is 7.04. The Balaban J connectivity index is 1.45. The Hall–Kier alpha value is -2.47. The standard InChI is InChI=1S/C24H18ClNO2S2/c1-16-3-2-4-18(13-16)15-26-23(27)22(30-24(26)28)14-17-5-9-20(10-6-17)29-21-11-7-19(25)8-12-21/h2-14H,15H2,1H3/b22-14-. The zero-order chi connectivity index (χ0) is 21.1. The monoisotopic (exact) mass is 451 g/mol. The van der Waals surface area contributed by atoms with Crippen molar-refractivity contribution in [2.24, 2.45) is 0 Å². The Morgan fingerprint density at radius 2 is 1.63 bits per heavy atom. The molecule has 0 bridgehead atoms. The van der Waals surface area contributed by atoms with E-state index in [1.54, 1.807) is 17.8 Å². The number of benzene rings is 3. The van der Waals surface area contributed by atoms with E-state index in [-0.39, 0.29) is 11.1 Å². The van der Waals surface area contributed by atoms with Crippen molar-refractivity contribution < 1.29 is 9.59 Å². The van der Waals surface area contributed by atoms with E-state index < -0.39 is 0 Å². The molecule has 150 valence electrons. The van der Waals surface area contributed by atoms with E-state index in [2.05, 4.69) is 0 Å². The van der Waals surface area contributed by atoms with Crippen LogP contribution >= 0.6 is 35.1 Å². The average Bonchev–Trinajstić information content (AvgIpc) is 2.99. The summed E-state index contributed by atoms with van der Waals surface area (Å²) in [5.74, 6) is -0.244. The number of halogens is 1. The maximum absolute atomic E-state index is 12.7. The molecule has 1 aliphatic rings. The van der Waals surface area contributed by atoms with Crippen molar-refractivity contribution in [2.45, 2.75) is 23.3 Å². The third-order valence-electron chi connectivity index (χ3n) is 4.52. The quantitative estimate of drug-likeness (QED) is 0.390. The lowest BCUT2D eigenvalue weighted by molar-refractivity contribution is -0.123. The number of aryl methyl sites for hydroxylation is 1. The Bertz CT molecular complexity index is 1120. The second-order valence-electron chi connectivity index (χ2n) is 6.88. The summed E-state index contributed by atoms with van der Waals surface area (Å²) in [6.07, 6.45) is 1.78. The highest BCUT2D eigenvalue weighted by atomic mass is 35.5. The third kappa shape index (κ3) is 4.98. The Labute approximate surface area is 189 Å². The first-order chi connectivity index (χ1) is 14.5. The highest BCUT2D eigenvalue weighted by Gasteiger charge is 2.34. The molecular weight excluding hydrogens is 434 g/mol. The summed E-state index contributed by atoms with van der Waals surface area (Å²) in [4.78, 5) is 29.1. The van der Waals surface area contributed by atoms with Gasteiger partial charge in [0, 0.05) is 14.8 Å². The Morgan fingerprint density at radius 1 is 0.967 bits per heavy atom. The van der Waals surface area contributed by atoms with Crippen molar-refractivity contribution in [3.05, 3.63) is 99.4 Å². The second-order valence-corrected chi connectivity index (χ2v) is 9.46. The van der Waals surface area contributed by atoms with Gasteiger partial charge in [0.2, 0.25) is 0 Å². The van der Waals surface area contributed by atoms with Gasteiger partial charge < -0.3 is 0 Å². The molecular formula is C24H18ClNO2S2. The third-order valence-corrected chi connectivity index (χ3v) is 6.70. The number of carbonyl (C=O) groups excluding carboxylic acids is 2. The molecule has 0 saturated carbocycles. The molecule has 3 aromatic carbocycles. The van der Waals surface area contributed by atoms with E-state index in [1.165, 1.54) is 4.90 Å². The molecule has 3 aromatic rings. The van der Waals surface area contributed by atoms with Gasteiger partial charge in [0.05, 0.1) is 11.4 Å². The van der Waals surface area contributed by atoms with Crippen LogP contribution in [0.25, 0.3) is 6.08 Å². The lowest BCUT2D eigenvalue weighted by Crippen LogP contribution is -2.27. The lowest BCUT2D eigenvalue weighted by Gasteiger charge is -2.12. The van der Waals surface area contributed by atoms with Gasteiger partial charge in [-0.1, -0.05) is 65.3 Å². The molecule has 1 fully saturated rings. The van der Waals surface area contributed by atoms with E-state index in [9.17, 15) is 9.59 Å². The number of hydrogen-bond donors (Lipinski definition) is 0. The van der Waals surface area contributed by atoms with Crippen LogP contribution in [0.3, 0.4) is 0 Å². The minimum absolute atomic E-state index is 0.234. The van der Waals surface area contributed by atoms with E-state index in [1.807, 2.05) is 79.7 Å². The number of nitrogens with zero attached hydrogens (tertiary/aromatic N) is 1. The van der Waals surface area contributed by atoms with Gasteiger partial charge in [0.1, 0.15) is 0 Å². The van der Waals surface area contributed by atoms with Crippen LogP contribution in [0.1, 0.15) is 16.7 Å². The molecule has 0 radical (unpaired) electrons. The van der Waals surface area contributed by atoms with Crippen LogP contribution in [-0.2, 0) is 11.3 Å². The van der Waals surface area contributed by atoms with Crippen molar-refractivity contribution in [2.75, 3.05) is 0 Å². The summed E-state index contributed by atoms with van der Waals surface area (Å²) < 4.78 is 0. The number of imide groups is 1. The molecule has 4 rings (SSSR count). The maximum Gasteiger partial charge on any atom is 0.293 e. The van der Waals surface area contributed by atoms with Gasteiger partial charge in [0.15, 0.2) is 0 Å². The second kappa shape index (κ2) is 9.13. The molecule has 30 heavy (non-hydrogen) atoms. The fourth-order valence-electron chi connectivity index (χ4n) is 3.05. The maximum atomic E-state index is 12.7. The topological polar surface area (TPSA) is 37.4 Å². The first-order valence-electron chi connectivity index (χ1n) is 9.32. The van der Waals surface area contributed by atoms with E-state index >= 15 is 0 Å². The van der Waals surface area contributed by atoms with Gasteiger partial charge in [-0.05, 0) is 72.3 Å². The van der Waals surface area contributed by atoms with Gasteiger partial charge in [-0.2, -0.15) is 0 Å². The smallest absolute Gasteiger partial charge is 0.268 e. The molecule has 0 unspecified atom stereocenters. The van der Waals surface area contributed by atoms with Crippen LogP contribution in [0, 0.1) is 6.92 Å². The lowest BCUT2D eigenvalue weighted by atomic mass is 10.1. The first kappa shape index (κ1) is 20.8. The van der Waals surface area contributed by atoms with E-state index in [0.29, 0.717) is 16.5 Å². The van der Waals surface area contributed by atoms with Crippen molar-refractivity contribution in [3.63, 3.8) is 0 Å². The van der Waals surface area contributed by atoms with E-state index in [4.69, 9.17) is 11.6 Å². The summed E-state index contributed by atoms with van der Waals surface area (Å²) in [6, 6.07) is 23.4. The van der Waals surface area contributed by atoms with E-state index in [0.717, 1.165) is 38.2 Å². The van der Waals surface area contributed by atoms with Crippen LogP contribution in [0.2, 0.25) is 5.02 Å². The molecule has 2 amide bonds. The zero-order valence-electron chi connectivity index (χ0n) is 16.2. The SMILES string of the molecule is Cc1cccc(CN2C(=O)S/C(=C\c3ccc(Sc4ccc(Cl)cc4)cc3)C2=O)c1. The van der Waals surface area contributed by atoms with Gasteiger partial charge in [0.25, 0.3) is 11.1 Å². The Kier molecular flexibility index (Phi) is 6.32. The summed E-state index contributed by atoms with van der Waals surface area (Å²) in [5, 5.41) is 0.480. The molecule has 0 aliphatic carbocycles. The summed E-state index contributed by atoms with van der Waals surface area (Å²) in [7, 11) is 0.